The molecule has 1 aromatic heterocycles. The summed E-state index contributed by atoms with van der Waals surface area (Å²) in [6.07, 6.45) is 3.50. The molecule has 13 heavy (non-hydrogen) atoms. The molecular weight excluding hydrogens is 162 g/mol. The maximum atomic E-state index is 5.84. The van der Waals surface area contributed by atoms with Crippen molar-refractivity contribution in [1.82, 2.24) is 9.97 Å². The number of nitrogens with zero attached hydrogens (tertiary/aromatic N) is 2. The third-order valence-corrected chi connectivity index (χ3v) is 1.72. The first-order valence-corrected chi connectivity index (χ1v) is 4.18. The maximum absolute atomic E-state index is 5.84. The molecule has 0 radical (unpaired) electrons. The number of rotatable bonds is 2. The minimum Gasteiger partial charge on any atom is -0.319 e. The summed E-state index contributed by atoms with van der Waals surface area (Å²) in [4.78, 5) is 8.35. The topological polar surface area (TPSA) is 51.8 Å². The van der Waals surface area contributed by atoms with E-state index in [4.69, 9.17) is 5.73 Å². The Bertz CT molecular complexity index is 306. The van der Waals surface area contributed by atoms with Gasteiger partial charge in [0, 0.05) is 18.0 Å². The lowest BCUT2D eigenvalue weighted by atomic mass is 10.1. The largest absolute Gasteiger partial charge is 0.319 e. The molecule has 0 aromatic carbocycles. The monoisotopic (exact) mass is 177 g/mol. The van der Waals surface area contributed by atoms with E-state index in [1.807, 2.05) is 20.8 Å². The van der Waals surface area contributed by atoms with Gasteiger partial charge >= 0.3 is 0 Å². The Morgan fingerprint density at radius 1 is 1.38 bits per heavy atom. The van der Waals surface area contributed by atoms with E-state index in [9.17, 15) is 0 Å². The molecule has 0 saturated carbocycles. The molecule has 3 nitrogen and oxygen atoms in total. The Morgan fingerprint density at radius 2 is 1.85 bits per heavy atom. The fourth-order valence-corrected chi connectivity index (χ4v) is 0.881. The van der Waals surface area contributed by atoms with Gasteiger partial charge in [0.1, 0.15) is 5.82 Å². The van der Waals surface area contributed by atoms with Crippen LogP contribution < -0.4 is 5.73 Å². The molecule has 0 fully saturated rings. The van der Waals surface area contributed by atoms with Gasteiger partial charge in [0.2, 0.25) is 0 Å². The number of allylic oxidation sites excluding steroid dienone is 1. The molecule has 0 aliphatic carbocycles. The van der Waals surface area contributed by atoms with Crippen molar-refractivity contribution in [2.45, 2.75) is 26.3 Å². The second-order valence-electron chi connectivity index (χ2n) is 3.80. The van der Waals surface area contributed by atoms with Crippen LogP contribution >= 0.6 is 0 Å². The molecular formula is C10H15N3. The van der Waals surface area contributed by atoms with Crippen molar-refractivity contribution >= 4 is 5.57 Å². The average molecular weight is 177 g/mol. The van der Waals surface area contributed by atoms with Crippen molar-refractivity contribution in [3.8, 4) is 0 Å². The third-order valence-electron chi connectivity index (χ3n) is 1.72. The van der Waals surface area contributed by atoms with Crippen LogP contribution in [0.3, 0.4) is 0 Å². The van der Waals surface area contributed by atoms with Crippen molar-refractivity contribution in [2.24, 2.45) is 5.73 Å². The van der Waals surface area contributed by atoms with E-state index in [0.29, 0.717) is 5.82 Å². The molecule has 1 rings (SSSR count). The van der Waals surface area contributed by atoms with Crippen molar-refractivity contribution in [1.29, 1.82) is 0 Å². The number of hydrogen-bond acceptors (Lipinski definition) is 3. The predicted molar refractivity (Wildman–Crippen MR) is 54.0 cm³/mol. The molecule has 0 atom stereocenters. The highest BCUT2D eigenvalue weighted by atomic mass is 14.9. The molecule has 0 unspecified atom stereocenters. The molecule has 0 bridgehead atoms. The number of hydrogen-bond donors (Lipinski definition) is 1. The summed E-state index contributed by atoms with van der Waals surface area (Å²) in [5.41, 5.74) is 7.27. The van der Waals surface area contributed by atoms with Crippen LogP contribution in [0, 0.1) is 0 Å². The SMILES string of the molecule is C=C(C)c1cnc(C(C)(C)N)nc1. The normalized spacial score (nSPS) is 11.4. The highest BCUT2D eigenvalue weighted by Gasteiger charge is 2.16. The molecule has 1 aromatic rings. The van der Waals surface area contributed by atoms with Gasteiger partial charge in [-0.1, -0.05) is 6.58 Å². The Balaban J connectivity index is 3.01. The van der Waals surface area contributed by atoms with E-state index in [-0.39, 0.29) is 0 Å². The van der Waals surface area contributed by atoms with E-state index < -0.39 is 5.54 Å². The van der Waals surface area contributed by atoms with Gasteiger partial charge in [0.05, 0.1) is 5.54 Å². The van der Waals surface area contributed by atoms with Gasteiger partial charge in [-0.25, -0.2) is 9.97 Å². The van der Waals surface area contributed by atoms with Crippen molar-refractivity contribution in [3.63, 3.8) is 0 Å². The fraction of sp³-hybridized carbons (Fsp3) is 0.400. The van der Waals surface area contributed by atoms with Gasteiger partial charge < -0.3 is 5.73 Å². The second-order valence-corrected chi connectivity index (χ2v) is 3.80. The maximum Gasteiger partial charge on any atom is 0.147 e. The van der Waals surface area contributed by atoms with Gasteiger partial charge in [0.25, 0.3) is 0 Å². The Morgan fingerprint density at radius 3 is 2.15 bits per heavy atom. The minimum absolute atomic E-state index is 0.479. The zero-order chi connectivity index (χ0) is 10.1. The summed E-state index contributed by atoms with van der Waals surface area (Å²) in [7, 11) is 0. The number of nitrogens with two attached hydrogens (primary N) is 1. The lowest BCUT2D eigenvalue weighted by molar-refractivity contribution is 0.513. The van der Waals surface area contributed by atoms with Crippen LogP contribution in [-0.4, -0.2) is 9.97 Å². The lowest BCUT2D eigenvalue weighted by Crippen LogP contribution is -2.31. The second kappa shape index (κ2) is 3.26. The summed E-state index contributed by atoms with van der Waals surface area (Å²) >= 11 is 0. The highest BCUT2D eigenvalue weighted by molar-refractivity contribution is 5.59. The van der Waals surface area contributed by atoms with Crippen LogP contribution in [-0.2, 0) is 5.54 Å². The van der Waals surface area contributed by atoms with Crippen LogP contribution in [0.5, 0.6) is 0 Å². The summed E-state index contributed by atoms with van der Waals surface area (Å²) in [6.45, 7) is 9.48. The number of aromatic nitrogens is 2. The van der Waals surface area contributed by atoms with Crippen LogP contribution in [0.2, 0.25) is 0 Å². The zero-order valence-electron chi connectivity index (χ0n) is 8.33. The lowest BCUT2D eigenvalue weighted by Gasteiger charge is -2.16. The molecule has 2 N–H and O–H groups in total. The Hall–Kier alpha value is -1.22. The third kappa shape index (κ3) is 2.36. The van der Waals surface area contributed by atoms with Gasteiger partial charge in [0.15, 0.2) is 0 Å². The highest BCUT2D eigenvalue weighted by Crippen LogP contribution is 2.13. The minimum atomic E-state index is -0.479. The van der Waals surface area contributed by atoms with Gasteiger partial charge in [-0.15, -0.1) is 0 Å². The molecule has 0 spiro atoms. The molecule has 70 valence electrons. The summed E-state index contributed by atoms with van der Waals surface area (Å²) in [6, 6.07) is 0. The quantitative estimate of drug-likeness (QED) is 0.748. The first-order chi connectivity index (χ1) is 5.91. The van der Waals surface area contributed by atoms with Crippen LogP contribution in [0.25, 0.3) is 5.57 Å². The van der Waals surface area contributed by atoms with E-state index in [0.717, 1.165) is 11.1 Å². The summed E-state index contributed by atoms with van der Waals surface area (Å²) in [5.74, 6) is 0.650. The average Bonchev–Trinajstić information content (AvgIpc) is 2.03. The first-order valence-electron chi connectivity index (χ1n) is 4.18. The van der Waals surface area contributed by atoms with Gasteiger partial charge in [-0.05, 0) is 26.3 Å². The smallest absolute Gasteiger partial charge is 0.147 e. The van der Waals surface area contributed by atoms with Crippen molar-refractivity contribution < 1.29 is 0 Å². The summed E-state index contributed by atoms with van der Waals surface area (Å²) in [5, 5.41) is 0. The molecule has 0 aliphatic rings. The molecule has 0 aliphatic heterocycles. The van der Waals surface area contributed by atoms with Crippen molar-refractivity contribution in [2.75, 3.05) is 0 Å². The van der Waals surface area contributed by atoms with Gasteiger partial charge in [-0.3, -0.25) is 0 Å². The van der Waals surface area contributed by atoms with E-state index in [2.05, 4.69) is 16.5 Å². The van der Waals surface area contributed by atoms with E-state index in [1.165, 1.54) is 0 Å². The van der Waals surface area contributed by atoms with Crippen molar-refractivity contribution in [3.05, 3.63) is 30.4 Å². The van der Waals surface area contributed by atoms with E-state index in [1.54, 1.807) is 12.4 Å². The summed E-state index contributed by atoms with van der Waals surface area (Å²) < 4.78 is 0. The van der Waals surface area contributed by atoms with Crippen LogP contribution in [0.15, 0.2) is 19.0 Å². The first kappa shape index (κ1) is 9.86. The Kier molecular flexibility index (Phi) is 2.48. The zero-order valence-corrected chi connectivity index (χ0v) is 8.33. The molecule has 0 saturated heterocycles. The van der Waals surface area contributed by atoms with Crippen LogP contribution in [0.1, 0.15) is 32.2 Å². The Labute approximate surface area is 78.7 Å². The standard InChI is InChI=1S/C10H15N3/c1-7(2)8-5-12-9(13-6-8)10(3,4)11/h5-6H,1,11H2,2-4H3. The molecule has 0 amide bonds. The molecule has 1 heterocycles. The molecule has 3 heteroatoms. The predicted octanol–water partition coefficient (Wildman–Crippen LogP) is 1.70. The van der Waals surface area contributed by atoms with Crippen LogP contribution in [0.4, 0.5) is 0 Å². The van der Waals surface area contributed by atoms with E-state index >= 15 is 0 Å². The van der Waals surface area contributed by atoms with Gasteiger partial charge in [-0.2, -0.15) is 0 Å². The fourth-order valence-electron chi connectivity index (χ4n) is 0.881.